The fraction of sp³-hybridized carbons (Fsp3) is 0.500. The van der Waals surface area contributed by atoms with E-state index in [2.05, 4.69) is 0 Å². The van der Waals surface area contributed by atoms with Gasteiger partial charge in [0.25, 0.3) is 0 Å². The Labute approximate surface area is 101 Å². The van der Waals surface area contributed by atoms with Crippen LogP contribution in [-0.4, -0.2) is 23.4 Å². The van der Waals surface area contributed by atoms with Gasteiger partial charge in [0.1, 0.15) is 5.76 Å². The van der Waals surface area contributed by atoms with Crippen molar-refractivity contribution in [3.63, 3.8) is 0 Å². The van der Waals surface area contributed by atoms with Gasteiger partial charge >= 0.3 is 0 Å². The van der Waals surface area contributed by atoms with E-state index >= 15 is 0 Å². The van der Waals surface area contributed by atoms with E-state index in [0.717, 1.165) is 0 Å². The van der Waals surface area contributed by atoms with E-state index in [-0.39, 0.29) is 18.4 Å². The summed E-state index contributed by atoms with van der Waals surface area (Å²) in [6.07, 6.45) is 2.16. The van der Waals surface area contributed by atoms with Gasteiger partial charge in [-0.15, -0.1) is 0 Å². The van der Waals surface area contributed by atoms with E-state index < -0.39 is 0 Å². The Kier molecular flexibility index (Phi) is 5.24. The lowest BCUT2D eigenvalue weighted by Crippen LogP contribution is -2.35. The molecule has 0 saturated heterocycles. The fourth-order valence-corrected chi connectivity index (χ4v) is 1.47. The van der Waals surface area contributed by atoms with Crippen LogP contribution in [0.15, 0.2) is 22.8 Å². The molecule has 0 saturated carbocycles. The quantitative estimate of drug-likeness (QED) is 0.804. The highest BCUT2D eigenvalue weighted by Crippen LogP contribution is 2.08. The molecule has 1 aromatic rings. The Morgan fingerprint density at radius 1 is 1.71 bits per heavy atom. The van der Waals surface area contributed by atoms with Crippen molar-refractivity contribution in [3.8, 4) is 6.07 Å². The van der Waals surface area contributed by atoms with Gasteiger partial charge in [-0.1, -0.05) is 0 Å². The molecule has 0 aliphatic heterocycles. The Balaban J connectivity index is 2.60. The zero-order valence-corrected chi connectivity index (χ0v) is 9.93. The molecule has 17 heavy (non-hydrogen) atoms. The van der Waals surface area contributed by atoms with E-state index in [0.29, 0.717) is 25.3 Å². The van der Waals surface area contributed by atoms with Crippen molar-refractivity contribution < 1.29 is 9.21 Å². The third kappa shape index (κ3) is 4.70. The van der Waals surface area contributed by atoms with Crippen LogP contribution in [0.3, 0.4) is 0 Å². The lowest BCUT2D eigenvalue weighted by atomic mass is 10.2. The predicted molar refractivity (Wildman–Crippen MR) is 62.6 cm³/mol. The lowest BCUT2D eigenvalue weighted by molar-refractivity contribution is -0.132. The van der Waals surface area contributed by atoms with Gasteiger partial charge in [-0.05, 0) is 19.1 Å². The molecule has 92 valence electrons. The largest absolute Gasteiger partial charge is 0.467 e. The first-order valence-corrected chi connectivity index (χ1v) is 5.56. The number of nitrogens with zero attached hydrogens (tertiary/aromatic N) is 2. The first kappa shape index (κ1) is 13.3. The first-order chi connectivity index (χ1) is 8.13. The number of carbonyl (C=O) groups is 1. The molecule has 1 unspecified atom stereocenters. The Bertz CT molecular complexity index is 379. The molecule has 0 spiro atoms. The highest BCUT2D eigenvalue weighted by Gasteiger charge is 2.16. The Morgan fingerprint density at radius 2 is 2.47 bits per heavy atom. The molecule has 5 nitrogen and oxygen atoms in total. The maximum absolute atomic E-state index is 11.9. The standard InChI is InChI=1S/C12H17N3O2/c1-10(14)8-12(16)15(6-3-5-13)9-11-4-2-7-17-11/h2,4,7,10H,3,6,8-9,14H2,1H3. The minimum atomic E-state index is -0.177. The molecule has 1 atom stereocenters. The minimum Gasteiger partial charge on any atom is -0.467 e. The second-order valence-corrected chi connectivity index (χ2v) is 3.98. The summed E-state index contributed by atoms with van der Waals surface area (Å²) in [4.78, 5) is 13.5. The number of carbonyl (C=O) groups excluding carboxylic acids is 1. The Morgan fingerprint density at radius 3 is 3.00 bits per heavy atom. The number of amides is 1. The third-order valence-electron chi connectivity index (χ3n) is 2.27. The molecule has 0 bridgehead atoms. The molecule has 0 aliphatic rings. The van der Waals surface area contributed by atoms with Crippen LogP contribution in [0.4, 0.5) is 0 Å². The van der Waals surface area contributed by atoms with Gasteiger partial charge in [-0.25, -0.2) is 0 Å². The van der Waals surface area contributed by atoms with Crippen molar-refractivity contribution in [1.29, 1.82) is 5.26 Å². The number of furan rings is 1. The highest BCUT2D eigenvalue weighted by atomic mass is 16.3. The van der Waals surface area contributed by atoms with E-state index in [9.17, 15) is 4.79 Å². The molecule has 1 rings (SSSR count). The van der Waals surface area contributed by atoms with Crippen molar-refractivity contribution >= 4 is 5.91 Å². The van der Waals surface area contributed by atoms with E-state index in [1.165, 1.54) is 0 Å². The summed E-state index contributed by atoms with van der Waals surface area (Å²) < 4.78 is 5.19. The molecule has 0 aliphatic carbocycles. The smallest absolute Gasteiger partial charge is 0.224 e. The summed E-state index contributed by atoms with van der Waals surface area (Å²) in [5.41, 5.74) is 5.60. The van der Waals surface area contributed by atoms with Crippen LogP contribution < -0.4 is 5.73 Å². The third-order valence-corrected chi connectivity index (χ3v) is 2.27. The van der Waals surface area contributed by atoms with Crippen LogP contribution >= 0.6 is 0 Å². The van der Waals surface area contributed by atoms with E-state index in [4.69, 9.17) is 15.4 Å². The summed E-state index contributed by atoms with van der Waals surface area (Å²) in [7, 11) is 0. The van der Waals surface area contributed by atoms with Crippen molar-refractivity contribution in [2.75, 3.05) is 6.54 Å². The van der Waals surface area contributed by atoms with Crippen LogP contribution in [0.1, 0.15) is 25.5 Å². The zero-order valence-electron chi connectivity index (χ0n) is 9.93. The van der Waals surface area contributed by atoms with E-state index in [1.807, 2.05) is 6.07 Å². The van der Waals surface area contributed by atoms with Gasteiger partial charge < -0.3 is 15.1 Å². The van der Waals surface area contributed by atoms with Crippen molar-refractivity contribution in [2.45, 2.75) is 32.4 Å². The second kappa shape index (κ2) is 6.71. The van der Waals surface area contributed by atoms with Crippen LogP contribution in [0.25, 0.3) is 0 Å². The number of rotatable bonds is 6. The minimum absolute atomic E-state index is 0.0494. The normalized spacial score (nSPS) is 11.8. The summed E-state index contributed by atoms with van der Waals surface area (Å²) in [6.45, 7) is 2.58. The molecule has 1 heterocycles. The van der Waals surface area contributed by atoms with Crippen molar-refractivity contribution in [3.05, 3.63) is 24.2 Å². The maximum atomic E-state index is 11.9. The molecule has 0 radical (unpaired) electrons. The molecule has 5 heteroatoms. The summed E-state index contributed by atoms with van der Waals surface area (Å²) >= 11 is 0. The monoisotopic (exact) mass is 235 g/mol. The van der Waals surface area contributed by atoms with Gasteiger partial charge in [-0.3, -0.25) is 4.79 Å². The highest BCUT2D eigenvalue weighted by molar-refractivity contribution is 5.76. The average molecular weight is 235 g/mol. The molecular weight excluding hydrogens is 218 g/mol. The topological polar surface area (TPSA) is 83.3 Å². The number of nitrogens with two attached hydrogens (primary N) is 1. The van der Waals surface area contributed by atoms with Crippen LogP contribution in [-0.2, 0) is 11.3 Å². The van der Waals surface area contributed by atoms with Crippen LogP contribution in [0, 0.1) is 11.3 Å². The fourth-order valence-electron chi connectivity index (χ4n) is 1.47. The van der Waals surface area contributed by atoms with Gasteiger partial charge in [0.2, 0.25) is 5.91 Å². The van der Waals surface area contributed by atoms with Crippen molar-refractivity contribution in [1.82, 2.24) is 4.90 Å². The van der Waals surface area contributed by atoms with Crippen LogP contribution in [0.5, 0.6) is 0 Å². The number of hydrogen-bond acceptors (Lipinski definition) is 4. The summed E-state index contributed by atoms with van der Waals surface area (Å²) in [5.74, 6) is 0.660. The molecule has 1 aromatic heterocycles. The van der Waals surface area contributed by atoms with Crippen molar-refractivity contribution in [2.24, 2.45) is 5.73 Å². The molecule has 0 fully saturated rings. The van der Waals surface area contributed by atoms with Gasteiger partial charge in [0.05, 0.1) is 25.3 Å². The van der Waals surface area contributed by atoms with Gasteiger partial charge in [0.15, 0.2) is 0 Å². The van der Waals surface area contributed by atoms with Gasteiger partial charge in [-0.2, -0.15) is 5.26 Å². The Hall–Kier alpha value is -1.80. The second-order valence-electron chi connectivity index (χ2n) is 3.98. The number of nitriles is 1. The van der Waals surface area contributed by atoms with Crippen LogP contribution in [0.2, 0.25) is 0 Å². The maximum Gasteiger partial charge on any atom is 0.224 e. The summed E-state index contributed by atoms with van der Waals surface area (Å²) in [6, 6.07) is 5.43. The predicted octanol–water partition coefficient (Wildman–Crippen LogP) is 1.26. The molecule has 2 N–H and O–H groups in total. The molecule has 0 aromatic carbocycles. The molecular formula is C12H17N3O2. The first-order valence-electron chi connectivity index (χ1n) is 5.56. The average Bonchev–Trinajstić information content (AvgIpc) is 2.75. The number of hydrogen-bond donors (Lipinski definition) is 1. The van der Waals surface area contributed by atoms with E-state index in [1.54, 1.807) is 30.2 Å². The van der Waals surface area contributed by atoms with Gasteiger partial charge in [0, 0.05) is 19.0 Å². The zero-order chi connectivity index (χ0) is 12.7. The summed E-state index contributed by atoms with van der Waals surface area (Å²) in [5, 5.41) is 8.57. The lowest BCUT2D eigenvalue weighted by Gasteiger charge is -2.21. The molecule has 1 amide bonds. The SMILES string of the molecule is CC(N)CC(=O)N(CCC#N)Cc1ccco1.